The average molecular weight is 449 g/mol. The molecule has 0 bridgehead atoms. The van der Waals surface area contributed by atoms with Crippen LogP contribution in [0, 0.1) is 0 Å². The maximum Gasteiger partial charge on any atom is 0.272 e. The molecular formula is C25H21ClN2O4. The van der Waals surface area contributed by atoms with Gasteiger partial charge < -0.3 is 15.4 Å². The summed E-state index contributed by atoms with van der Waals surface area (Å²) in [5.74, 6) is -0.421. The third-order valence-corrected chi connectivity index (χ3v) is 4.83. The number of ether oxygens (including phenoxy) is 1. The van der Waals surface area contributed by atoms with Crippen LogP contribution in [0.1, 0.15) is 33.2 Å². The Morgan fingerprint density at radius 1 is 0.844 bits per heavy atom. The lowest BCUT2D eigenvalue weighted by atomic mass is 10.1. The fourth-order valence-electron chi connectivity index (χ4n) is 2.81. The largest absolute Gasteiger partial charge is 0.497 e. The molecule has 0 fully saturated rings. The van der Waals surface area contributed by atoms with Crippen molar-refractivity contribution in [2.75, 3.05) is 12.4 Å². The number of benzene rings is 3. The van der Waals surface area contributed by atoms with Crippen LogP contribution in [0.15, 0.2) is 78.5 Å². The van der Waals surface area contributed by atoms with Crippen molar-refractivity contribution in [3.05, 3.63) is 100 Å². The minimum Gasteiger partial charge on any atom is -0.497 e. The molecule has 0 saturated heterocycles. The van der Waals surface area contributed by atoms with Crippen molar-refractivity contribution >= 4 is 41.0 Å². The molecule has 6 nitrogen and oxygen atoms in total. The number of amides is 2. The first-order chi connectivity index (χ1) is 15.4. The van der Waals surface area contributed by atoms with Crippen LogP contribution < -0.4 is 15.4 Å². The smallest absolute Gasteiger partial charge is 0.272 e. The van der Waals surface area contributed by atoms with E-state index in [2.05, 4.69) is 10.6 Å². The van der Waals surface area contributed by atoms with Gasteiger partial charge in [0, 0.05) is 21.8 Å². The molecule has 0 aliphatic carbocycles. The van der Waals surface area contributed by atoms with Gasteiger partial charge in [-0.2, -0.15) is 0 Å². The number of methoxy groups -OCH3 is 1. The van der Waals surface area contributed by atoms with E-state index in [0.717, 1.165) is 0 Å². The van der Waals surface area contributed by atoms with Gasteiger partial charge in [-0.05, 0) is 79.2 Å². The Labute approximate surface area is 190 Å². The van der Waals surface area contributed by atoms with Crippen LogP contribution in [0.5, 0.6) is 5.75 Å². The van der Waals surface area contributed by atoms with Crippen LogP contribution >= 0.6 is 11.6 Å². The number of hydrogen-bond acceptors (Lipinski definition) is 4. The minimum absolute atomic E-state index is 0.0452. The molecule has 3 aromatic carbocycles. The Kier molecular flexibility index (Phi) is 7.41. The van der Waals surface area contributed by atoms with Crippen LogP contribution in [0.2, 0.25) is 5.02 Å². The molecule has 2 N–H and O–H groups in total. The van der Waals surface area contributed by atoms with Crippen LogP contribution in [0.25, 0.3) is 6.08 Å². The predicted octanol–water partition coefficient (Wildman–Crippen LogP) is 4.96. The third kappa shape index (κ3) is 6.06. The molecule has 162 valence electrons. The monoisotopic (exact) mass is 448 g/mol. The topological polar surface area (TPSA) is 84.5 Å². The summed E-state index contributed by atoms with van der Waals surface area (Å²) in [6.07, 6.45) is 1.55. The summed E-state index contributed by atoms with van der Waals surface area (Å²) in [7, 11) is 1.54. The number of Topliss-reactive ketones (excluding diaryl/α,β-unsaturated/α-hetero) is 1. The van der Waals surface area contributed by atoms with E-state index in [9.17, 15) is 14.4 Å². The van der Waals surface area contributed by atoms with E-state index in [0.29, 0.717) is 33.1 Å². The van der Waals surface area contributed by atoms with Gasteiger partial charge in [-0.15, -0.1) is 0 Å². The van der Waals surface area contributed by atoms with Gasteiger partial charge in [-0.3, -0.25) is 14.4 Å². The van der Waals surface area contributed by atoms with Gasteiger partial charge in [0.25, 0.3) is 11.8 Å². The number of halogens is 1. The van der Waals surface area contributed by atoms with E-state index in [1.54, 1.807) is 78.9 Å². The molecule has 3 rings (SSSR count). The first-order valence-electron chi connectivity index (χ1n) is 9.71. The lowest BCUT2D eigenvalue weighted by molar-refractivity contribution is -0.113. The van der Waals surface area contributed by atoms with Crippen molar-refractivity contribution < 1.29 is 19.1 Å². The summed E-state index contributed by atoms with van der Waals surface area (Å²) < 4.78 is 5.11. The zero-order valence-electron chi connectivity index (χ0n) is 17.5. The fourth-order valence-corrected chi connectivity index (χ4v) is 2.93. The van der Waals surface area contributed by atoms with Crippen molar-refractivity contribution in [3.8, 4) is 5.75 Å². The van der Waals surface area contributed by atoms with Crippen LogP contribution in [0.4, 0.5) is 5.69 Å². The van der Waals surface area contributed by atoms with E-state index < -0.39 is 11.8 Å². The maximum absolute atomic E-state index is 13.0. The first kappa shape index (κ1) is 22.8. The number of nitrogens with one attached hydrogen (secondary N) is 2. The van der Waals surface area contributed by atoms with Gasteiger partial charge in [-0.1, -0.05) is 23.7 Å². The van der Waals surface area contributed by atoms with Gasteiger partial charge >= 0.3 is 0 Å². The Hall–Kier alpha value is -3.90. The minimum atomic E-state index is -0.516. The van der Waals surface area contributed by atoms with Crippen molar-refractivity contribution in [1.29, 1.82) is 0 Å². The van der Waals surface area contributed by atoms with E-state index in [-0.39, 0.29) is 11.5 Å². The second-order valence-electron chi connectivity index (χ2n) is 6.88. The average Bonchev–Trinajstić information content (AvgIpc) is 2.80. The Balaban J connectivity index is 1.85. The highest BCUT2D eigenvalue weighted by molar-refractivity contribution is 6.30. The van der Waals surface area contributed by atoms with E-state index in [1.165, 1.54) is 14.0 Å². The number of carbonyl (C=O) groups is 3. The third-order valence-electron chi connectivity index (χ3n) is 4.58. The second kappa shape index (κ2) is 10.4. The van der Waals surface area contributed by atoms with E-state index in [4.69, 9.17) is 16.3 Å². The zero-order valence-corrected chi connectivity index (χ0v) is 18.3. The molecule has 0 unspecified atom stereocenters. The molecule has 0 atom stereocenters. The van der Waals surface area contributed by atoms with Gasteiger partial charge in [-0.25, -0.2) is 0 Å². The Morgan fingerprint density at radius 2 is 1.44 bits per heavy atom. The van der Waals surface area contributed by atoms with Crippen LogP contribution in [-0.4, -0.2) is 24.7 Å². The SMILES string of the molecule is COc1ccc(C(=O)NC(=Cc2ccc(Cl)cc2)C(=O)Nc2ccc(C(C)=O)cc2)cc1. The standard InChI is InChI=1S/C25H21ClN2O4/c1-16(29)18-5-11-21(12-6-18)27-25(31)23(15-17-3-9-20(26)10-4-17)28-24(30)19-7-13-22(32-2)14-8-19/h3-15H,1-2H3,(H,27,31)(H,28,30). The molecule has 0 saturated carbocycles. The van der Waals surface area contributed by atoms with Crippen LogP contribution in [0.3, 0.4) is 0 Å². The molecule has 32 heavy (non-hydrogen) atoms. The highest BCUT2D eigenvalue weighted by Crippen LogP contribution is 2.16. The number of hydrogen-bond donors (Lipinski definition) is 2. The molecular weight excluding hydrogens is 428 g/mol. The predicted molar refractivity (Wildman–Crippen MR) is 125 cm³/mol. The maximum atomic E-state index is 13.0. The lowest BCUT2D eigenvalue weighted by Gasteiger charge is -2.12. The second-order valence-corrected chi connectivity index (χ2v) is 7.32. The van der Waals surface area contributed by atoms with Crippen molar-refractivity contribution in [1.82, 2.24) is 5.32 Å². The summed E-state index contributed by atoms with van der Waals surface area (Å²) in [4.78, 5) is 37.2. The molecule has 0 aliphatic rings. The normalized spacial score (nSPS) is 10.9. The molecule has 2 amide bonds. The number of anilines is 1. The van der Waals surface area contributed by atoms with Crippen molar-refractivity contribution in [2.45, 2.75) is 6.92 Å². The summed E-state index contributed by atoms with van der Waals surface area (Å²) in [5, 5.41) is 5.96. The van der Waals surface area contributed by atoms with Crippen LogP contribution in [-0.2, 0) is 4.79 Å². The van der Waals surface area contributed by atoms with Gasteiger partial charge in [0.2, 0.25) is 0 Å². The quantitative estimate of drug-likeness (QED) is 0.395. The highest BCUT2D eigenvalue weighted by Gasteiger charge is 2.15. The van der Waals surface area contributed by atoms with Gasteiger partial charge in [0.1, 0.15) is 11.4 Å². The first-order valence-corrected chi connectivity index (χ1v) is 10.1. The number of ketones is 1. The summed E-state index contributed by atoms with van der Waals surface area (Å²) in [6.45, 7) is 1.47. The van der Waals surface area contributed by atoms with Crippen molar-refractivity contribution in [3.63, 3.8) is 0 Å². The summed E-state index contributed by atoms with van der Waals surface area (Å²) >= 11 is 5.94. The molecule has 7 heteroatoms. The highest BCUT2D eigenvalue weighted by atomic mass is 35.5. The molecule has 0 aromatic heterocycles. The molecule has 0 heterocycles. The molecule has 0 aliphatic heterocycles. The van der Waals surface area contributed by atoms with E-state index >= 15 is 0 Å². The fraction of sp³-hybridized carbons (Fsp3) is 0.0800. The summed E-state index contributed by atoms with van der Waals surface area (Å²) in [6, 6.07) is 19.9. The van der Waals surface area contributed by atoms with Crippen molar-refractivity contribution in [2.24, 2.45) is 0 Å². The van der Waals surface area contributed by atoms with Gasteiger partial charge in [0.05, 0.1) is 7.11 Å². The number of rotatable bonds is 7. The Bertz CT molecular complexity index is 1150. The zero-order chi connectivity index (χ0) is 23.1. The number of carbonyl (C=O) groups excluding carboxylic acids is 3. The van der Waals surface area contributed by atoms with E-state index in [1.807, 2.05) is 0 Å². The molecule has 0 radical (unpaired) electrons. The van der Waals surface area contributed by atoms with Gasteiger partial charge in [0.15, 0.2) is 5.78 Å². The summed E-state index contributed by atoms with van der Waals surface area (Å²) in [5.41, 5.74) is 2.12. The lowest BCUT2D eigenvalue weighted by Crippen LogP contribution is -2.30. The Morgan fingerprint density at radius 3 is 2.00 bits per heavy atom. The molecule has 0 spiro atoms. The molecule has 3 aromatic rings.